The summed E-state index contributed by atoms with van der Waals surface area (Å²) in [7, 11) is -10.1. The van der Waals surface area contributed by atoms with Crippen LogP contribution < -0.4 is 11.1 Å². The van der Waals surface area contributed by atoms with E-state index in [9.17, 15) is 33.5 Å². The zero-order valence-corrected chi connectivity index (χ0v) is 18.6. The molecule has 3 aromatic rings. The van der Waals surface area contributed by atoms with Crippen LogP contribution in [-0.4, -0.2) is 30.9 Å². The van der Waals surface area contributed by atoms with Gasteiger partial charge in [0.05, 0.1) is 11.4 Å². The van der Waals surface area contributed by atoms with Gasteiger partial charge in [-0.05, 0) is 53.3 Å². The minimum atomic E-state index is -5.03. The molecule has 0 spiro atoms. The van der Waals surface area contributed by atoms with E-state index in [0.29, 0.717) is 11.4 Å². The molecule has 7 N–H and O–H groups in total. The first-order valence-corrected chi connectivity index (χ1v) is 13.1. The number of benzene rings is 2. The summed E-state index contributed by atoms with van der Waals surface area (Å²) in [6, 6.07) is 14.8. The number of rotatable bonds is 7. The van der Waals surface area contributed by atoms with Crippen LogP contribution in [0.1, 0.15) is 15.9 Å². The van der Waals surface area contributed by atoms with Gasteiger partial charge in [0.25, 0.3) is 5.91 Å². The van der Waals surface area contributed by atoms with Crippen molar-refractivity contribution in [3.05, 3.63) is 71.1 Å². The number of hydrogen-bond donors (Lipinski definition) is 6. The quantitative estimate of drug-likeness (QED) is 0.220. The van der Waals surface area contributed by atoms with Gasteiger partial charge in [-0.2, -0.15) is 0 Å². The van der Waals surface area contributed by atoms with Gasteiger partial charge in [0.15, 0.2) is 5.40 Å². The Kier molecular flexibility index (Phi) is 6.83. The molecule has 1 heterocycles. The predicted octanol–water partition coefficient (Wildman–Crippen LogP) is 3.47. The van der Waals surface area contributed by atoms with Crippen molar-refractivity contribution in [1.29, 1.82) is 0 Å². The second kappa shape index (κ2) is 9.06. The van der Waals surface area contributed by atoms with Crippen molar-refractivity contribution in [3.63, 3.8) is 0 Å². The fourth-order valence-corrected chi connectivity index (χ4v) is 6.08. The molecule has 0 radical (unpaired) electrons. The smallest absolute Gasteiger partial charge is 0.341 e. The van der Waals surface area contributed by atoms with Crippen LogP contribution in [-0.2, 0) is 15.6 Å². The van der Waals surface area contributed by atoms with Gasteiger partial charge in [0.1, 0.15) is 0 Å². The van der Waals surface area contributed by atoms with Crippen LogP contribution in [0.4, 0.5) is 11.4 Å². The van der Waals surface area contributed by atoms with Gasteiger partial charge in [-0.1, -0.05) is 24.3 Å². The van der Waals surface area contributed by atoms with Crippen molar-refractivity contribution in [2.75, 3.05) is 11.1 Å². The molecule has 1 aromatic heterocycles. The summed E-state index contributed by atoms with van der Waals surface area (Å²) in [6.07, 6.45) is -0.535. The summed E-state index contributed by atoms with van der Waals surface area (Å²) in [4.78, 5) is 50.6. The molecule has 2 aromatic carbocycles. The van der Waals surface area contributed by atoms with Crippen molar-refractivity contribution >= 4 is 43.8 Å². The number of nitrogens with one attached hydrogen (secondary N) is 1. The molecule has 0 aliphatic rings. The average molecular weight is 482 g/mol. The summed E-state index contributed by atoms with van der Waals surface area (Å²) in [6.45, 7) is 0. The fraction of sp³-hybridized carbons (Fsp3) is 0.105. The maximum absolute atomic E-state index is 12.6. The number of nitrogens with two attached hydrogens (primary N) is 1. The number of amides is 1. The van der Waals surface area contributed by atoms with Gasteiger partial charge in [-0.3, -0.25) is 13.9 Å². The molecular weight excluding hydrogens is 462 g/mol. The Bertz CT molecular complexity index is 1150. The highest BCUT2D eigenvalue weighted by atomic mass is 32.1. The first-order valence-electron chi connectivity index (χ1n) is 8.89. The van der Waals surface area contributed by atoms with E-state index in [2.05, 4.69) is 5.32 Å². The average Bonchev–Trinajstić information content (AvgIpc) is 3.21. The molecule has 1 amide bonds. The molecule has 0 unspecified atom stereocenters. The normalized spacial score (nSPS) is 12.2. The second-order valence-corrected chi connectivity index (χ2v) is 11.8. The third-order valence-corrected chi connectivity index (χ3v) is 9.16. The lowest BCUT2D eigenvalue weighted by molar-refractivity contribution is 0.102. The highest BCUT2D eigenvalue weighted by Crippen LogP contribution is 2.60. The third kappa shape index (κ3) is 5.90. The molecule has 0 bridgehead atoms. The Morgan fingerprint density at radius 1 is 1.00 bits per heavy atom. The highest BCUT2D eigenvalue weighted by molar-refractivity contribution is 7.70. The molecule has 0 saturated carbocycles. The first kappa shape index (κ1) is 23.4. The van der Waals surface area contributed by atoms with Crippen molar-refractivity contribution in [2.24, 2.45) is 0 Å². The number of nitrogen functional groups attached to an aromatic ring is 1. The fourth-order valence-electron chi connectivity index (χ4n) is 2.89. The minimum absolute atomic E-state index is 0.244. The molecule has 0 saturated heterocycles. The number of hydrogen-bond acceptors (Lipinski definition) is 5. The topological polar surface area (TPSA) is 170 Å². The molecular formula is C19H20N2O7P2S. The van der Waals surface area contributed by atoms with Gasteiger partial charge >= 0.3 is 15.2 Å². The Morgan fingerprint density at radius 2 is 1.65 bits per heavy atom. The van der Waals surface area contributed by atoms with Crippen molar-refractivity contribution in [1.82, 2.24) is 0 Å². The van der Waals surface area contributed by atoms with E-state index in [1.807, 2.05) is 23.6 Å². The predicted molar refractivity (Wildman–Crippen MR) is 120 cm³/mol. The number of anilines is 2. The third-order valence-electron chi connectivity index (χ3n) is 4.52. The Balaban J connectivity index is 1.76. The maximum atomic E-state index is 12.6. The number of carbonyl (C=O) groups excluding carboxylic acids is 1. The monoisotopic (exact) mass is 482 g/mol. The molecule has 3 rings (SSSR count). The molecule has 164 valence electrons. The summed E-state index contributed by atoms with van der Waals surface area (Å²) in [5, 5.41) is 2.53. The number of thiophene rings is 1. The standard InChI is InChI=1S/C19H20N2O7P2S/c20-15-8-7-14(17-2-1-9-31-17)11-16(15)21-19(22)13-5-3-12(4-6-13)10-18(29(23,24)25)30(26,27)28/h1-9,11,18H,10,20H2,(H,21,22)(H2,23,24,25)(H2,26,27,28). The summed E-state index contributed by atoms with van der Waals surface area (Å²) >= 11 is 1.55. The van der Waals surface area contributed by atoms with Crippen LogP contribution >= 0.6 is 26.5 Å². The van der Waals surface area contributed by atoms with E-state index in [1.54, 1.807) is 23.5 Å². The molecule has 9 nitrogen and oxygen atoms in total. The Hall–Kier alpha value is -2.29. The zero-order chi connectivity index (χ0) is 22.8. The first-order chi connectivity index (χ1) is 14.4. The molecule has 0 atom stereocenters. The van der Waals surface area contributed by atoms with Gasteiger partial charge in [-0.15, -0.1) is 11.3 Å². The number of carbonyl (C=O) groups is 1. The van der Waals surface area contributed by atoms with Crippen LogP contribution in [0, 0.1) is 0 Å². The van der Waals surface area contributed by atoms with E-state index in [-0.39, 0.29) is 11.1 Å². The second-order valence-electron chi connectivity index (χ2n) is 6.79. The van der Waals surface area contributed by atoms with Crippen LogP contribution in [0.2, 0.25) is 0 Å². The lowest BCUT2D eigenvalue weighted by atomic mass is 10.1. The van der Waals surface area contributed by atoms with Crippen molar-refractivity contribution in [2.45, 2.75) is 11.8 Å². The largest absolute Gasteiger partial charge is 0.397 e. The van der Waals surface area contributed by atoms with Gasteiger partial charge in [-0.25, -0.2) is 0 Å². The van der Waals surface area contributed by atoms with Crippen molar-refractivity contribution in [3.8, 4) is 10.4 Å². The molecule has 0 aliphatic heterocycles. The summed E-state index contributed by atoms with van der Waals surface area (Å²) in [5.41, 5.74) is 8.20. The summed E-state index contributed by atoms with van der Waals surface area (Å²) < 4.78 is 22.9. The lowest BCUT2D eigenvalue weighted by Crippen LogP contribution is -2.14. The molecule has 0 aliphatic carbocycles. The minimum Gasteiger partial charge on any atom is -0.397 e. The van der Waals surface area contributed by atoms with Gasteiger partial charge in [0, 0.05) is 10.4 Å². The van der Waals surface area contributed by atoms with Crippen LogP contribution in [0.3, 0.4) is 0 Å². The Morgan fingerprint density at radius 3 is 2.19 bits per heavy atom. The van der Waals surface area contributed by atoms with Gasteiger partial charge < -0.3 is 30.6 Å². The van der Waals surface area contributed by atoms with E-state index in [4.69, 9.17) is 5.73 Å². The summed E-state index contributed by atoms with van der Waals surface area (Å²) in [5.74, 6) is -0.455. The lowest BCUT2D eigenvalue weighted by Gasteiger charge is -2.19. The SMILES string of the molecule is Nc1ccc(-c2cccs2)cc1NC(=O)c1ccc(CC(P(=O)(O)O)P(=O)(O)O)cc1. The molecule has 12 heteroatoms. The van der Waals surface area contributed by atoms with Crippen LogP contribution in [0.25, 0.3) is 10.4 Å². The maximum Gasteiger partial charge on any atom is 0.341 e. The Labute approximate surface area is 181 Å². The van der Waals surface area contributed by atoms with Crippen LogP contribution in [0.15, 0.2) is 60.0 Å². The highest BCUT2D eigenvalue weighted by Gasteiger charge is 2.43. The van der Waals surface area contributed by atoms with E-state index < -0.39 is 32.9 Å². The van der Waals surface area contributed by atoms with E-state index in [1.165, 1.54) is 24.3 Å². The van der Waals surface area contributed by atoms with Crippen LogP contribution in [0.5, 0.6) is 0 Å². The van der Waals surface area contributed by atoms with E-state index >= 15 is 0 Å². The van der Waals surface area contributed by atoms with Gasteiger partial charge in [0.2, 0.25) is 0 Å². The van der Waals surface area contributed by atoms with Crippen molar-refractivity contribution < 1.29 is 33.5 Å². The van der Waals surface area contributed by atoms with E-state index in [0.717, 1.165) is 10.4 Å². The molecule has 31 heavy (non-hydrogen) atoms. The zero-order valence-electron chi connectivity index (χ0n) is 16.0. The molecule has 0 fully saturated rings.